The highest BCUT2D eigenvalue weighted by Crippen LogP contribution is 2.18. The Morgan fingerprint density at radius 3 is 2.39 bits per heavy atom. The van der Waals surface area contributed by atoms with Crippen LogP contribution in [-0.2, 0) is 4.79 Å². The summed E-state index contributed by atoms with van der Waals surface area (Å²) in [5, 5.41) is 14.4. The van der Waals surface area contributed by atoms with Gasteiger partial charge in [0.15, 0.2) is 6.04 Å². The summed E-state index contributed by atoms with van der Waals surface area (Å²) in [5.74, 6) is -1.06. The standard InChI is InChI=1S/C13H16N2O3/c16-12(17)11(9-5-2-1-3-6-9)15-13(18)14-10-7-4-8-10/h1-3,5-6,10-11H,4,7-8H2,(H,16,17)(H2,14,15,18)/t11-/m1/s1. The van der Waals surface area contributed by atoms with Gasteiger partial charge in [-0.1, -0.05) is 30.3 Å². The van der Waals surface area contributed by atoms with Crippen molar-refractivity contribution in [1.29, 1.82) is 0 Å². The number of carboxylic acids is 1. The highest BCUT2D eigenvalue weighted by atomic mass is 16.4. The second kappa shape index (κ2) is 5.53. The van der Waals surface area contributed by atoms with Gasteiger partial charge in [-0.25, -0.2) is 9.59 Å². The van der Waals surface area contributed by atoms with Gasteiger partial charge in [-0.15, -0.1) is 0 Å². The minimum Gasteiger partial charge on any atom is -0.479 e. The highest BCUT2D eigenvalue weighted by Gasteiger charge is 2.24. The maximum Gasteiger partial charge on any atom is 0.330 e. The van der Waals surface area contributed by atoms with Crippen molar-refractivity contribution in [2.75, 3.05) is 0 Å². The van der Waals surface area contributed by atoms with E-state index >= 15 is 0 Å². The highest BCUT2D eigenvalue weighted by molar-refractivity contribution is 5.83. The number of carboxylic acid groups (broad SMARTS) is 1. The first-order valence-corrected chi connectivity index (χ1v) is 6.01. The van der Waals surface area contributed by atoms with Gasteiger partial charge in [0.05, 0.1) is 0 Å². The third kappa shape index (κ3) is 3.00. The Balaban J connectivity index is 1.98. The summed E-state index contributed by atoms with van der Waals surface area (Å²) in [6, 6.07) is 7.42. The number of hydrogen-bond acceptors (Lipinski definition) is 2. The summed E-state index contributed by atoms with van der Waals surface area (Å²) in [4.78, 5) is 22.8. The number of rotatable bonds is 4. The molecular formula is C13H16N2O3. The van der Waals surface area contributed by atoms with Gasteiger partial charge in [0, 0.05) is 6.04 Å². The van der Waals surface area contributed by atoms with Crippen molar-refractivity contribution >= 4 is 12.0 Å². The number of carbonyl (C=O) groups excluding carboxylic acids is 1. The average molecular weight is 248 g/mol. The van der Waals surface area contributed by atoms with Crippen LogP contribution in [-0.4, -0.2) is 23.1 Å². The van der Waals surface area contributed by atoms with Crippen LogP contribution < -0.4 is 10.6 Å². The summed E-state index contributed by atoms with van der Waals surface area (Å²) in [6.45, 7) is 0. The van der Waals surface area contributed by atoms with E-state index in [1.54, 1.807) is 30.3 Å². The zero-order valence-electron chi connectivity index (χ0n) is 9.93. The molecule has 5 heteroatoms. The largest absolute Gasteiger partial charge is 0.479 e. The maximum atomic E-state index is 11.6. The van der Waals surface area contributed by atoms with Gasteiger partial charge >= 0.3 is 12.0 Å². The Hall–Kier alpha value is -2.04. The zero-order chi connectivity index (χ0) is 13.0. The fourth-order valence-electron chi connectivity index (χ4n) is 1.84. The lowest BCUT2D eigenvalue weighted by atomic mass is 9.93. The first-order valence-electron chi connectivity index (χ1n) is 6.01. The fraction of sp³-hybridized carbons (Fsp3) is 0.385. The number of carbonyl (C=O) groups is 2. The molecule has 2 rings (SSSR count). The molecule has 18 heavy (non-hydrogen) atoms. The lowest BCUT2D eigenvalue weighted by Gasteiger charge is -2.27. The van der Waals surface area contributed by atoms with E-state index < -0.39 is 18.0 Å². The molecule has 0 aliphatic heterocycles. The van der Waals surface area contributed by atoms with Crippen LogP contribution in [0.4, 0.5) is 4.79 Å². The van der Waals surface area contributed by atoms with Gasteiger partial charge < -0.3 is 15.7 Å². The Morgan fingerprint density at radius 2 is 1.89 bits per heavy atom. The quantitative estimate of drug-likeness (QED) is 0.758. The number of amides is 2. The molecule has 96 valence electrons. The van der Waals surface area contributed by atoms with E-state index in [2.05, 4.69) is 10.6 Å². The molecule has 1 aliphatic carbocycles. The Kier molecular flexibility index (Phi) is 3.82. The average Bonchev–Trinajstić information content (AvgIpc) is 2.31. The van der Waals surface area contributed by atoms with Crippen molar-refractivity contribution in [2.45, 2.75) is 31.3 Å². The van der Waals surface area contributed by atoms with Crippen molar-refractivity contribution in [3.63, 3.8) is 0 Å². The van der Waals surface area contributed by atoms with E-state index in [-0.39, 0.29) is 6.04 Å². The van der Waals surface area contributed by atoms with Gasteiger partial charge in [0.1, 0.15) is 0 Å². The summed E-state index contributed by atoms with van der Waals surface area (Å²) >= 11 is 0. The first-order chi connectivity index (χ1) is 8.66. The molecule has 0 saturated heterocycles. The van der Waals surface area contributed by atoms with Crippen LogP contribution in [0.2, 0.25) is 0 Å². The minimum absolute atomic E-state index is 0.190. The van der Waals surface area contributed by atoms with Crippen molar-refractivity contribution in [2.24, 2.45) is 0 Å². The summed E-state index contributed by atoms with van der Waals surface area (Å²) in [7, 11) is 0. The molecule has 1 atom stereocenters. The van der Waals surface area contributed by atoms with E-state index in [4.69, 9.17) is 5.11 Å². The molecular weight excluding hydrogens is 232 g/mol. The fourth-order valence-corrected chi connectivity index (χ4v) is 1.84. The summed E-state index contributed by atoms with van der Waals surface area (Å²) in [6.07, 6.45) is 3.05. The normalized spacial score (nSPS) is 16.4. The molecule has 3 N–H and O–H groups in total. The Labute approximate surface area is 105 Å². The lowest BCUT2D eigenvalue weighted by Crippen LogP contribution is -2.47. The maximum absolute atomic E-state index is 11.6. The molecule has 0 aromatic heterocycles. The number of benzene rings is 1. The SMILES string of the molecule is O=C(NC1CCC1)N[C@@H](C(=O)O)c1ccccc1. The molecule has 0 heterocycles. The van der Waals surface area contributed by atoms with Crippen LogP contribution in [0.5, 0.6) is 0 Å². The van der Waals surface area contributed by atoms with Gasteiger partial charge in [-0.2, -0.15) is 0 Å². The van der Waals surface area contributed by atoms with E-state index in [9.17, 15) is 9.59 Å². The van der Waals surface area contributed by atoms with Gasteiger partial charge in [0.25, 0.3) is 0 Å². The van der Waals surface area contributed by atoms with Crippen LogP contribution in [0, 0.1) is 0 Å². The third-order valence-corrected chi connectivity index (χ3v) is 3.10. The molecule has 1 fully saturated rings. The third-order valence-electron chi connectivity index (χ3n) is 3.10. The summed E-state index contributed by atoms with van der Waals surface area (Å²) < 4.78 is 0. The molecule has 1 aromatic carbocycles. The van der Waals surface area contributed by atoms with E-state index in [0.29, 0.717) is 5.56 Å². The van der Waals surface area contributed by atoms with Crippen molar-refractivity contribution in [1.82, 2.24) is 10.6 Å². The van der Waals surface area contributed by atoms with Crippen LogP contribution in [0.1, 0.15) is 30.9 Å². The predicted molar refractivity (Wildman–Crippen MR) is 66.1 cm³/mol. The van der Waals surface area contributed by atoms with Crippen LogP contribution in [0.15, 0.2) is 30.3 Å². The van der Waals surface area contributed by atoms with E-state index in [1.807, 2.05) is 0 Å². The zero-order valence-corrected chi connectivity index (χ0v) is 9.93. The van der Waals surface area contributed by atoms with Gasteiger partial charge in [0.2, 0.25) is 0 Å². The van der Waals surface area contributed by atoms with Crippen molar-refractivity contribution in [3.05, 3.63) is 35.9 Å². The Bertz CT molecular complexity index is 429. The summed E-state index contributed by atoms with van der Waals surface area (Å²) in [5.41, 5.74) is 0.564. The molecule has 0 unspecified atom stereocenters. The molecule has 5 nitrogen and oxygen atoms in total. The number of nitrogens with one attached hydrogen (secondary N) is 2. The molecule has 2 amide bonds. The lowest BCUT2D eigenvalue weighted by molar-refractivity contribution is -0.139. The van der Waals surface area contributed by atoms with Crippen LogP contribution in [0.25, 0.3) is 0 Å². The second-order valence-corrected chi connectivity index (χ2v) is 4.43. The van der Waals surface area contributed by atoms with Gasteiger partial charge in [-0.3, -0.25) is 0 Å². The van der Waals surface area contributed by atoms with Crippen LogP contribution >= 0.6 is 0 Å². The number of aliphatic carboxylic acids is 1. The Morgan fingerprint density at radius 1 is 1.22 bits per heavy atom. The molecule has 0 spiro atoms. The van der Waals surface area contributed by atoms with Crippen LogP contribution in [0.3, 0.4) is 0 Å². The smallest absolute Gasteiger partial charge is 0.330 e. The number of hydrogen-bond donors (Lipinski definition) is 3. The predicted octanol–water partition coefficient (Wildman–Crippen LogP) is 1.66. The molecule has 1 aliphatic rings. The second-order valence-electron chi connectivity index (χ2n) is 4.43. The molecule has 1 aromatic rings. The van der Waals surface area contributed by atoms with E-state index in [1.165, 1.54) is 0 Å². The van der Waals surface area contributed by atoms with Crippen molar-refractivity contribution < 1.29 is 14.7 Å². The van der Waals surface area contributed by atoms with E-state index in [0.717, 1.165) is 19.3 Å². The minimum atomic E-state index is -1.06. The number of urea groups is 1. The molecule has 1 saturated carbocycles. The molecule has 0 bridgehead atoms. The molecule has 0 radical (unpaired) electrons. The first kappa shape index (κ1) is 12.4. The van der Waals surface area contributed by atoms with Gasteiger partial charge in [-0.05, 0) is 24.8 Å². The topological polar surface area (TPSA) is 78.4 Å². The van der Waals surface area contributed by atoms with Crippen molar-refractivity contribution in [3.8, 4) is 0 Å². The monoisotopic (exact) mass is 248 g/mol.